The van der Waals surface area contributed by atoms with Crippen LogP contribution in [0.15, 0.2) is 42.7 Å². The third kappa shape index (κ3) is 9.98. The summed E-state index contributed by atoms with van der Waals surface area (Å²) in [7, 11) is 3.26. The number of ketones is 1. The summed E-state index contributed by atoms with van der Waals surface area (Å²) in [5.41, 5.74) is -0.785. The van der Waals surface area contributed by atoms with Crippen molar-refractivity contribution in [3.63, 3.8) is 0 Å². The number of hydrogen-bond donors (Lipinski definition) is 0. The summed E-state index contributed by atoms with van der Waals surface area (Å²) in [6.45, 7) is 11.8. The molecule has 9 atom stereocenters. The Hall–Kier alpha value is -2.91. The molecule has 2 saturated heterocycles. The number of rotatable bonds is 10. The molecule has 0 N–H and O–H groups in total. The summed E-state index contributed by atoms with van der Waals surface area (Å²) < 4.78 is 29.4. The van der Waals surface area contributed by atoms with Crippen molar-refractivity contribution < 1.29 is 42.9 Å². The van der Waals surface area contributed by atoms with Gasteiger partial charge >= 0.3 is 11.9 Å². The van der Waals surface area contributed by atoms with Crippen LogP contribution in [0.25, 0.3) is 0 Å². The van der Waals surface area contributed by atoms with Gasteiger partial charge in [0.05, 0.1) is 24.7 Å². The molecule has 13 heteroatoms. The van der Waals surface area contributed by atoms with Gasteiger partial charge in [0.15, 0.2) is 21.2 Å². The quantitative estimate of drug-likeness (QED) is 0.130. The van der Waals surface area contributed by atoms with E-state index in [9.17, 15) is 19.2 Å². The molecule has 1 aliphatic carbocycles. The first-order valence-corrected chi connectivity index (χ1v) is 21.7. The van der Waals surface area contributed by atoms with Crippen molar-refractivity contribution >= 4 is 63.7 Å². The third-order valence-electron chi connectivity index (χ3n) is 11.7. The lowest BCUT2D eigenvalue weighted by Gasteiger charge is -2.40. The number of thioether (sulfide) groups is 1. The number of halogens is 1. The topological polar surface area (TPSA) is 131 Å². The SMILES string of the molecule is COc1ccc(N(CCS[C@@H]2C(=O)O[C@@]3(C)[C@H]2[C@@H](C)C(=O)[C@H](C)C[C@@](C)(OC)CC(C)C[C@@H](C)C(=O)O[C@@H]3I)C(=O)c2ccncc2)cc1OC1CCCC1. The van der Waals surface area contributed by atoms with Gasteiger partial charge in [-0.3, -0.25) is 24.2 Å². The molecular formula is C42H57IN2O9S. The number of carbonyl (C=O) groups is 4. The summed E-state index contributed by atoms with van der Waals surface area (Å²) >= 11 is 3.40. The predicted octanol–water partition coefficient (Wildman–Crippen LogP) is 8.10. The Kier molecular flexibility index (Phi) is 14.6. The van der Waals surface area contributed by atoms with Gasteiger partial charge in [-0.15, -0.1) is 11.8 Å². The molecule has 1 aromatic carbocycles. The molecule has 11 nitrogen and oxygen atoms in total. The van der Waals surface area contributed by atoms with E-state index in [0.717, 1.165) is 25.7 Å². The minimum Gasteiger partial charge on any atom is -0.493 e. The van der Waals surface area contributed by atoms with E-state index in [1.54, 1.807) is 56.6 Å². The van der Waals surface area contributed by atoms with Crippen LogP contribution in [0.3, 0.4) is 0 Å². The second kappa shape index (κ2) is 18.6. The van der Waals surface area contributed by atoms with E-state index in [1.807, 2.05) is 62.4 Å². The summed E-state index contributed by atoms with van der Waals surface area (Å²) in [4.78, 5) is 61.7. The van der Waals surface area contributed by atoms with Crippen molar-refractivity contribution in [1.82, 2.24) is 4.98 Å². The molecule has 0 bridgehead atoms. The van der Waals surface area contributed by atoms with E-state index in [-0.39, 0.29) is 48.1 Å². The maximum absolute atomic E-state index is 14.4. The number of alkyl halides is 1. The van der Waals surface area contributed by atoms with Gasteiger partial charge in [0, 0.05) is 66.9 Å². The van der Waals surface area contributed by atoms with E-state index >= 15 is 0 Å². The lowest BCUT2D eigenvalue weighted by atomic mass is 9.73. The molecule has 0 spiro atoms. The normalized spacial score (nSPS) is 32.2. The molecule has 55 heavy (non-hydrogen) atoms. The van der Waals surface area contributed by atoms with Gasteiger partial charge in [-0.05, 0) is 112 Å². The molecule has 302 valence electrons. The monoisotopic (exact) mass is 892 g/mol. The molecule has 0 radical (unpaired) electrons. The van der Waals surface area contributed by atoms with E-state index in [1.165, 1.54) is 11.8 Å². The summed E-state index contributed by atoms with van der Waals surface area (Å²) in [6.07, 6.45) is 9.14. The standard InChI is InChI=1S/C42H57IN2O9S/c1-25-21-26(2)38(48)53-40(43)42(6)34(28(4)35(46)27(3)24-41(5,23-25)51-8)36(39(49)54-42)55-20-19-45(37(47)29-15-17-44-18-16-29)30-13-14-32(50-7)33(22-30)52-31-11-9-10-12-31/h13-18,22,25-28,31,34,36,40H,9-12,19-21,23-24H2,1-8H3/t25?,26-,27-,28-,34+,36+,40+,41+,42+/m1/s1. The largest absolute Gasteiger partial charge is 0.493 e. The van der Waals surface area contributed by atoms with Gasteiger partial charge in [-0.25, -0.2) is 0 Å². The number of nitrogens with zero attached hydrogens (tertiary/aromatic N) is 2. The molecule has 1 amide bonds. The molecule has 1 saturated carbocycles. The van der Waals surface area contributed by atoms with Gasteiger partial charge < -0.3 is 28.6 Å². The van der Waals surface area contributed by atoms with Gasteiger partial charge in [-0.2, -0.15) is 0 Å². The average molecular weight is 893 g/mol. The number of anilines is 1. The number of cyclic esters (lactones) is 1. The van der Waals surface area contributed by atoms with Crippen LogP contribution in [-0.4, -0.2) is 81.8 Å². The Bertz CT molecular complexity index is 1680. The van der Waals surface area contributed by atoms with Crippen LogP contribution in [0.1, 0.15) is 96.8 Å². The first-order chi connectivity index (χ1) is 26.1. The van der Waals surface area contributed by atoms with Crippen LogP contribution in [0.4, 0.5) is 5.69 Å². The Labute approximate surface area is 343 Å². The van der Waals surface area contributed by atoms with Crippen molar-refractivity contribution in [2.24, 2.45) is 29.6 Å². The average Bonchev–Trinajstić information content (AvgIpc) is 3.77. The number of Topliss-reactive ketones (excluding diaryl/α,β-unsaturated/α-hetero) is 1. The van der Waals surface area contributed by atoms with Gasteiger partial charge in [0.25, 0.3) is 5.91 Å². The smallest absolute Gasteiger partial charge is 0.320 e. The summed E-state index contributed by atoms with van der Waals surface area (Å²) in [5.74, 6) is -1.45. The number of benzene rings is 1. The van der Waals surface area contributed by atoms with Crippen LogP contribution < -0.4 is 14.4 Å². The van der Waals surface area contributed by atoms with Gasteiger partial charge in [-0.1, -0.05) is 27.7 Å². The van der Waals surface area contributed by atoms with Crippen LogP contribution >= 0.6 is 34.4 Å². The number of carbonyl (C=O) groups excluding carboxylic acids is 4. The van der Waals surface area contributed by atoms with E-state index in [0.29, 0.717) is 47.8 Å². The zero-order valence-electron chi connectivity index (χ0n) is 33.4. The van der Waals surface area contributed by atoms with Crippen molar-refractivity contribution in [3.05, 3.63) is 48.3 Å². The number of fused-ring (bicyclic) bond motifs is 1. The van der Waals surface area contributed by atoms with Crippen LogP contribution in [-0.2, 0) is 28.6 Å². The first kappa shape index (κ1) is 43.2. The number of esters is 2. The molecule has 5 rings (SSSR count). The Morgan fingerprint density at radius 3 is 2.31 bits per heavy atom. The molecule has 3 fully saturated rings. The number of amides is 1. The second-order valence-electron chi connectivity index (χ2n) is 16.1. The maximum Gasteiger partial charge on any atom is 0.320 e. The molecule has 1 aromatic heterocycles. The van der Waals surface area contributed by atoms with E-state index < -0.39 is 38.4 Å². The van der Waals surface area contributed by atoms with E-state index in [2.05, 4.69) is 11.9 Å². The Morgan fingerprint density at radius 1 is 0.964 bits per heavy atom. The first-order valence-electron chi connectivity index (χ1n) is 19.4. The molecule has 3 heterocycles. The van der Waals surface area contributed by atoms with Crippen LogP contribution in [0, 0.1) is 29.6 Å². The van der Waals surface area contributed by atoms with Crippen LogP contribution in [0.2, 0.25) is 0 Å². The zero-order valence-corrected chi connectivity index (χ0v) is 36.4. The predicted molar refractivity (Wildman–Crippen MR) is 221 cm³/mol. The molecule has 3 aliphatic rings. The lowest BCUT2D eigenvalue weighted by Crippen LogP contribution is -2.50. The number of ether oxygens (including phenoxy) is 5. The summed E-state index contributed by atoms with van der Waals surface area (Å²) in [6, 6.07) is 8.81. The van der Waals surface area contributed by atoms with Crippen molar-refractivity contribution in [3.8, 4) is 11.5 Å². The zero-order chi connectivity index (χ0) is 40.1. The number of pyridine rings is 1. The third-order valence-corrected chi connectivity index (χ3v) is 14.4. The van der Waals surface area contributed by atoms with Gasteiger partial charge in [0.2, 0.25) is 0 Å². The lowest BCUT2D eigenvalue weighted by molar-refractivity contribution is -0.170. The van der Waals surface area contributed by atoms with Crippen molar-refractivity contribution in [2.75, 3.05) is 31.4 Å². The molecular weight excluding hydrogens is 835 g/mol. The van der Waals surface area contributed by atoms with E-state index in [4.69, 9.17) is 23.7 Å². The minimum atomic E-state index is -1.28. The number of hydrogen-bond acceptors (Lipinski definition) is 11. The summed E-state index contributed by atoms with van der Waals surface area (Å²) in [5, 5.41) is -0.763. The fourth-order valence-electron chi connectivity index (χ4n) is 8.78. The fourth-order valence-corrected chi connectivity index (χ4v) is 11.0. The van der Waals surface area contributed by atoms with Crippen molar-refractivity contribution in [2.45, 2.75) is 113 Å². The Balaban J connectivity index is 1.45. The highest BCUT2D eigenvalue weighted by Gasteiger charge is 2.61. The fraction of sp³-hybridized carbons (Fsp3) is 0.643. The number of methoxy groups -OCH3 is 2. The van der Waals surface area contributed by atoms with Crippen LogP contribution in [0.5, 0.6) is 11.5 Å². The highest BCUT2D eigenvalue weighted by molar-refractivity contribution is 14.1. The minimum absolute atomic E-state index is 0.000997. The highest BCUT2D eigenvalue weighted by Crippen LogP contribution is 2.49. The second-order valence-corrected chi connectivity index (χ2v) is 18.5. The highest BCUT2D eigenvalue weighted by atomic mass is 127. The van der Waals surface area contributed by atoms with Gasteiger partial charge in [0.1, 0.15) is 11.0 Å². The molecule has 2 aromatic rings. The van der Waals surface area contributed by atoms with Crippen molar-refractivity contribution in [1.29, 1.82) is 0 Å². The Morgan fingerprint density at radius 2 is 1.65 bits per heavy atom. The maximum atomic E-state index is 14.4. The molecule has 2 aliphatic heterocycles. The molecule has 1 unspecified atom stereocenters. The number of aromatic nitrogens is 1.